The number of amides is 1. The summed E-state index contributed by atoms with van der Waals surface area (Å²) in [6.45, 7) is 0. The van der Waals surface area contributed by atoms with Crippen LogP contribution in [0.5, 0.6) is 11.5 Å². The quantitative estimate of drug-likeness (QED) is 0.159. The molecule has 4 aromatic carbocycles. The second-order valence-electron chi connectivity index (χ2n) is 11.5. The number of rotatable bonds is 11. The van der Waals surface area contributed by atoms with E-state index in [0.29, 0.717) is 30.5 Å². The molecule has 49 heavy (non-hydrogen) atoms. The average molecular weight is 700 g/mol. The van der Waals surface area contributed by atoms with Gasteiger partial charge in [-0.2, -0.15) is 30.7 Å². The topological polar surface area (TPSA) is 47.6 Å². The zero-order valence-electron chi connectivity index (χ0n) is 25.3. The van der Waals surface area contributed by atoms with E-state index < -0.39 is 70.0 Å². The molecule has 0 heterocycles. The smallest absolute Gasteiger partial charge is 0.461 e. The SMILES string of the molecule is O=C(NC(Cc1ccccc1)(c1cc(F)cc(OC(F)(F)C(F)F)c1)c1ccc(F)c(OC2CCCC2)c1)c1ccc(F)c(C(F)(F)F)c1. The van der Waals surface area contributed by atoms with Crippen molar-refractivity contribution in [3.8, 4) is 11.5 Å². The van der Waals surface area contributed by atoms with E-state index in [1.807, 2.05) is 0 Å². The number of carbonyl (C=O) groups is 1. The summed E-state index contributed by atoms with van der Waals surface area (Å²) in [5.41, 5.74) is -4.69. The zero-order chi connectivity index (χ0) is 35.6. The molecule has 0 aromatic heterocycles. The summed E-state index contributed by atoms with van der Waals surface area (Å²) in [7, 11) is 0. The Morgan fingerprint density at radius 2 is 1.47 bits per heavy atom. The van der Waals surface area contributed by atoms with Gasteiger partial charge in [0.05, 0.1) is 17.2 Å². The number of ether oxygens (including phenoxy) is 2. The number of alkyl halides is 7. The fourth-order valence-corrected chi connectivity index (χ4v) is 5.73. The molecule has 4 nitrogen and oxygen atoms in total. The predicted octanol–water partition coefficient (Wildman–Crippen LogP) is 9.60. The van der Waals surface area contributed by atoms with Gasteiger partial charge in [-0.15, -0.1) is 0 Å². The molecule has 1 fully saturated rings. The van der Waals surface area contributed by atoms with Crippen LogP contribution in [0.2, 0.25) is 0 Å². The number of halogens is 10. The third kappa shape index (κ3) is 8.11. The molecule has 1 unspecified atom stereocenters. The van der Waals surface area contributed by atoms with Crippen molar-refractivity contribution >= 4 is 5.91 Å². The van der Waals surface area contributed by atoms with E-state index in [9.17, 15) is 39.9 Å². The van der Waals surface area contributed by atoms with E-state index in [-0.39, 0.29) is 29.9 Å². The highest BCUT2D eigenvalue weighted by molar-refractivity contribution is 5.95. The average Bonchev–Trinajstić information content (AvgIpc) is 3.54. The Morgan fingerprint density at radius 3 is 2.12 bits per heavy atom. The third-order valence-corrected chi connectivity index (χ3v) is 8.06. The van der Waals surface area contributed by atoms with Gasteiger partial charge in [-0.05, 0) is 84.8 Å². The second-order valence-corrected chi connectivity index (χ2v) is 11.5. The van der Waals surface area contributed by atoms with Crippen LogP contribution in [-0.4, -0.2) is 24.5 Å². The number of carbonyl (C=O) groups excluding carboxylic acids is 1. The van der Waals surface area contributed by atoms with Crippen LogP contribution < -0.4 is 14.8 Å². The van der Waals surface area contributed by atoms with Gasteiger partial charge in [0.15, 0.2) is 11.6 Å². The van der Waals surface area contributed by atoms with Crippen LogP contribution in [0, 0.1) is 17.5 Å². The lowest BCUT2D eigenvalue weighted by atomic mass is 9.77. The van der Waals surface area contributed by atoms with Gasteiger partial charge in [-0.3, -0.25) is 4.79 Å². The molecule has 1 aliphatic carbocycles. The van der Waals surface area contributed by atoms with Crippen molar-refractivity contribution in [2.75, 3.05) is 0 Å². The van der Waals surface area contributed by atoms with Crippen LogP contribution in [-0.2, 0) is 18.1 Å². The van der Waals surface area contributed by atoms with Crippen molar-refractivity contribution < 1.29 is 58.2 Å². The largest absolute Gasteiger partial charge is 0.487 e. The third-order valence-electron chi connectivity index (χ3n) is 8.06. The molecule has 4 aromatic rings. The normalized spacial score (nSPS) is 15.2. The molecule has 0 aliphatic heterocycles. The standard InChI is InChI=1S/C35H27F10NO3/c36-24-15-23(16-26(18-24)49-35(44,45)32(39)40)33(19-20-6-2-1-3-7-20,22-11-13-29(38)30(17-22)48-25-8-4-5-9-25)46-31(47)21-10-12-28(37)27(14-21)34(41,42)43/h1-3,6-7,10-18,25,32H,4-5,8-9,19H2,(H,46,47). The van der Waals surface area contributed by atoms with Gasteiger partial charge < -0.3 is 14.8 Å². The van der Waals surface area contributed by atoms with E-state index in [2.05, 4.69) is 10.1 Å². The molecule has 0 spiro atoms. The van der Waals surface area contributed by atoms with Gasteiger partial charge >= 0.3 is 18.7 Å². The van der Waals surface area contributed by atoms with Crippen LogP contribution >= 0.6 is 0 Å². The first-order valence-corrected chi connectivity index (χ1v) is 14.9. The summed E-state index contributed by atoms with van der Waals surface area (Å²) in [6, 6.07) is 14.5. The van der Waals surface area contributed by atoms with Crippen molar-refractivity contribution in [1.29, 1.82) is 0 Å². The Morgan fingerprint density at radius 1 is 0.796 bits per heavy atom. The minimum atomic E-state index is -5.20. The van der Waals surface area contributed by atoms with Crippen molar-refractivity contribution in [2.45, 2.75) is 62.5 Å². The first-order valence-electron chi connectivity index (χ1n) is 14.9. The highest BCUT2D eigenvalue weighted by Crippen LogP contribution is 2.40. The molecule has 0 bridgehead atoms. The van der Waals surface area contributed by atoms with E-state index in [4.69, 9.17) is 4.74 Å². The molecule has 14 heteroatoms. The predicted molar refractivity (Wildman–Crippen MR) is 157 cm³/mol. The maximum Gasteiger partial charge on any atom is 0.461 e. The molecular formula is C35H27F10NO3. The van der Waals surface area contributed by atoms with E-state index in [1.54, 1.807) is 30.3 Å². The number of hydrogen-bond donors (Lipinski definition) is 1. The second kappa shape index (κ2) is 14.0. The first kappa shape index (κ1) is 35.6. The molecule has 5 rings (SSSR count). The lowest BCUT2D eigenvalue weighted by Crippen LogP contribution is -2.49. The maximum atomic E-state index is 15.2. The molecular weight excluding hydrogens is 672 g/mol. The Kier molecular flexibility index (Phi) is 10.2. The fourth-order valence-electron chi connectivity index (χ4n) is 5.73. The summed E-state index contributed by atoms with van der Waals surface area (Å²) in [5, 5.41) is 2.54. The molecule has 0 radical (unpaired) electrons. The molecule has 1 saturated carbocycles. The lowest BCUT2D eigenvalue weighted by molar-refractivity contribution is -0.253. The summed E-state index contributed by atoms with van der Waals surface area (Å²) in [5.74, 6) is -6.43. The maximum absolute atomic E-state index is 15.2. The lowest BCUT2D eigenvalue weighted by Gasteiger charge is -2.37. The zero-order valence-corrected chi connectivity index (χ0v) is 25.3. The van der Waals surface area contributed by atoms with E-state index in [0.717, 1.165) is 43.2 Å². The Labute approximate surface area is 273 Å². The molecule has 1 aliphatic rings. The number of benzene rings is 4. The minimum Gasteiger partial charge on any atom is -0.487 e. The van der Waals surface area contributed by atoms with Crippen molar-refractivity contribution in [3.63, 3.8) is 0 Å². The van der Waals surface area contributed by atoms with E-state index >= 15 is 8.78 Å². The van der Waals surface area contributed by atoms with Crippen molar-refractivity contribution in [2.24, 2.45) is 0 Å². The van der Waals surface area contributed by atoms with Gasteiger partial charge in [-0.1, -0.05) is 36.4 Å². The minimum absolute atomic E-state index is 0.0607. The van der Waals surface area contributed by atoms with Crippen LogP contribution in [0.3, 0.4) is 0 Å². The summed E-state index contributed by atoms with van der Waals surface area (Å²) in [6.07, 6.45) is -12.5. The first-order chi connectivity index (χ1) is 23.1. The van der Waals surface area contributed by atoms with Crippen molar-refractivity contribution in [3.05, 3.63) is 130 Å². The van der Waals surface area contributed by atoms with Gasteiger partial charge in [-0.25, -0.2) is 13.2 Å². The molecule has 260 valence electrons. The Balaban J connectivity index is 1.74. The van der Waals surface area contributed by atoms with Crippen LogP contribution in [0.4, 0.5) is 43.9 Å². The van der Waals surface area contributed by atoms with Crippen LogP contribution in [0.1, 0.15) is 58.3 Å². The van der Waals surface area contributed by atoms with E-state index in [1.165, 1.54) is 6.07 Å². The van der Waals surface area contributed by atoms with Gasteiger partial charge in [0.2, 0.25) is 0 Å². The van der Waals surface area contributed by atoms with Gasteiger partial charge in [0.25, 0.3) is 5.91 Å². The van der Waals surface area contributed by atoms with Crippen LogP contribution in [0.25, 0.3) is 0 Å². The molecule has 1 atom stereocenters. The van der Waals surface area contributed by atoms with Gasteiger partial charge in [0.1, 0.15) is 17.4 Å². The number of nitrogens with one attached hydrogen (secondary N) is 1. The Hall–Kier alpha value is -4.75. The summed E-state index contributed by atoms with van der Waals surface area (Å²) in [4.78, 5) is 13.9. The monoisotopic (exact) mass is 699 g/mol. The summed E-state index contributed by atoms with van der Waals surface area (Å²) < 4.78 is 149. The van der Waals surface area contributed by atoms with Crippen LogP contribution in [0.15, 0.2) is 84.9 Å². The molecule has 0 saturated heterocycles. The highest BCUT2D eigenvalue weighted by atomic mass is 19.4. The molecule has 1 amide bonds. The van der Waals surface area contributed by atoms with Crippen molar-refractivity contribution in [1.82, 2.24) is 5.32 Å². The fraction of sp³-hybridized carbons (Fsp3) is 0.286. The van der Waals surface area contributed by atoms with Gasteiger partial charge in [0, 0.05) is 18.1 Å². The molecule has 1 N–H and O–H groups in total. The highest BCUT2D eigenvalue weighted by Gasteiger charge is 2.45. The number of hydrogen-bond acceptors (Lipinski definition) is 3. The summed E-state index contributed by atoms with van der Waals surface area (Å²) >= 11 is 0. The Bertz CT molecular complexity index is 1790.